The molecule has 2 aliphatic rings. The molecule has 1 amide bonds. The highest BCUT2D eigenvalue weighted by molar-refractivity contribution is 5.78. The molecule has 1 aromatic carbocycles. The van der Waals surface area contributed by atoms with Gasteiger partial charge in [0.05, 0.1) is 13.2 Å². The first-order chi connectivity index (χ1) is 13.6. The van der Waals surface area contributed by atoms with E-state index < -0.39 is 0 Å². The van der Waals surface area contributed by atoms with Crippen molar-refractivity contribution >= 4 is 5.91 Å². The lowest BCUT2D eigenvalue weighted by Crippen LogP contribution is -2.49. The second-order valence-corrected chi connectivity index (χ2v) is 7.90. The van der Waals surface area contributed by atoms with E-state index in [0.29, 0.717) is 5.92 Å². The Kier molecular flexibility index (Phi) is 8.13. The Balaban J connectivity index is 1.55. The largest absolute Gasteiger partial charge is 0.484 e. The molecule has 2 fully saturated rings. The Morgan fingerprint density at radius 2 is 1.75 bits per heavy atom. The van der Waals surface area contributed by atoms with E-state index in [9.17, 15) is 4.79 Å². The van der Waals surface area contributed by atoms with Crippen LogP contribution in [0.2, 0.25) is 0 Å². The number of hydrogen-bond acceptors (Lipinski definition) is 5. The molecule has 28 heavy (non-hydrogen) atoms. The molecule has 6 nitrogen and oxygen atoms in total. The van der Waals surface area contributed by atoms with Gasteiger partial charge in [0, 0.05) is 45.4 Å². The highest BCUT2D eigenvalue weighted by Crippen LogP contribution is 2.19. The van der Waals surface area contributed by atoms with Crippen LogP contribution in [0.1, 0.15) is 38.2 Å². The van der Waals surface area contributed by atoms with E-state index in [2.05, 4.69) is 30.9 Å². The Bertz CT molecular complexity index is 593. The molecule has 0 bridgehead atoms. The third-order valence-corrected chi connectivity index (χ3v) is 5.62. The molecule has 6 heteroatoms. The molecule has 3 rings (SSSR count). The molecule has 0 atom stereocenters. The van der Waals surface area contributed by atoms with E-state index in [0.717, 1.165) is 71.2 Å². The zero-order valence-corrected chi connectivity index (χ0v) is 17.3. The minimum Gasteiger partial charge on any atom is -0.484 e. The second kappa shape index (κ2) is 10.8. The van der Waals surface area contributed by atoms with Gasteiger partial charge < -0.3 is 19.1 Å². The van der Waals surface area contributed by atoms with Gasteiger partial charge in [-0.2, -0.15) is 0 Å². The molecule has 0 spiro atoms. The van der Waals surface area contributed by atoms with E-state index >= 15 is 0 Å². The molecular weight excluding hydrogens is 356 g/mol. The maximum atomic E-state index is 13.0. The molecule has 2 heterocycles. The van der Waals surface area contributed by atoms with Crippen molar-refractivity contribution in [2.45, 2.75) is 38.6 Å². The summed E-state index contributed by atoms with van der Waals surface area (Å²) < 4.78 is 16.7. The van der Waals surface area contributed by atoms with E-state index in [-0.39, 0.29) is 18.6 Å². The first-order valence-electron chi connectivity index (χ1n) is 10.5. The van der Waals surface area contributed by atoms with Crippen molar-refractivity contribution in [3.8, 4) is 5.75 Å². The maximum Gasteiger partial charge on any atom is 0.260 e. The molecule has 1 aromatic rings. The van der Waals surface area contributed by atoms with Crippen LogP contribution >= 0.6 is 0 Å². The maximum absolute atomic E-state index is 13.0. The van der Waals surface area contributed by atoms with E-state index in [1.165, 1.54) is 5.56 Å². The fourth-order valence-corrected chi connectivity index (χ4v) is 3.76. The normalized spacial score (nSPS) is 19.0. The molecule has 0 aliphatic carbocycles. The van der Waals surface area contributed by atoms with Crippen molar-refractivity contribution in [2.24, 2.45) is 0 Å². The van der Waals surface area contributed by atoms with Crippen molar-refractivity contribution in [3.05, 3.63) is 29.8 Å². The summed E-state index contributed by atoms with van der Waals surface area (Å²) in [6, 6.07) is 8.29. The van der Waals surface area contributed by atoms with Crippen LogP contribution in [0, 0.1) is 0 Å². The van der Waals surface area contributed by atoms with Crippen LogP contribution in [-0.4, -0.2) is 81.0 Å². The van der Waals surface area contributed by atoms with E-state index in [1.807, 2.05) is 17.0 Å². The highest BCUT2D eigenvalue weighted by atomic mass is 16.5. The summed E-state index contributed by atoms with van der Waals surface area (Å²) in [6.45, 7) is 10.9. The molecular formula is C22H34N2O4. The molecule has 2 saturated heterocycles. The number of benzene rings is 1. The average molecular weight is 391 g/mol. The zero-order chi connectivity index (χ0) is 19.8. The van der Waals surface area contributed by atoms with E-state index in [1.54, 1.807) is 0 Å². The van der Waals surface area contributed by atoms with Crippen LogP contribution in [0.5, 0.6) is 5.75 Å². The first kappa shape index (κ1) is 21.1. The number of rotatable bonds is 8. The molecule has 2 aliphatic heterocycles. The summed E-state index contributed by atoms with van der Waals surface area (Å²) in [7, 11) is 0. The van der Waals surface area contributed by atoms with Crippen LogP contribution in [0.4, 0.5) is 0 Å². The number of morpholine rings is 1. The molecule has 156 valence electrons. The van der Waals surface area contributed by atoms with Gasteiger partial charge in [-0.05, 0) is 36.5 Å². The van der Waals surface area contributed by atoms with Crippen molar-refractivity contribution < 1.29 is 19.0 Å². The fourth-order valence-electron chi connectivity index (χ4n) is 3.76. The quantitative estimate of drug-likeness (QED) is 0.683. The van der Waals surface area contributed by atoms with Crippen LogP contribution in [0.3, 0.4) is 0 Å². The summed E-state index contributed by atoms with van der Waals surface area (Å²) in [5.41, 5.74) is 1.27. The highest BCUT2D eigenvalue weighted by Gasteiger charge is 2.26. The number of nitrogens with zero attached hydrogens (tertiary/aromatic N) is 2. The fraction of sp³-hybridized carbons (Fsp3) is 0.682. The topological polar surface area (TPSA) is 51.2 Å². The minimum atomic E-state index is 0.0631. The molecule has 0 saturated carbocycles. The second-order valence-electron chi connectivity index (χ2n) is 7.90. The first-order valence-corrected chi connectivity index (χ1v) is 10.5. The average Bonchev–Trinajstić information content (AvgIpc) is 2.74. The predicted molar refractivity (Wildman–Crippen MR) is 109 cm³/mol. The van der Waals surface area contributed by atoms with Gasteiger partial charge >= 0.3 is 0 Å². The van der Waals surface area contributed by atoms with Crippen molar-refractivity contribution in [1.82, 2.24) is 9.80 Å². The van der Waals surface area contributed by atoms with Gasteiger partial charge in [-0.15, -0.1) is 0 Å². The van der Waals surface area contributed by atoms with Crippen LogP contribution in [-0.2, 0) is 14.3 Å². The lowest BCUT2D eigenvalue weighted by atomic mass is 10.0. The number of carbonyl (C=O) groups is 1. The molecule has 0 unspecified atom stereocenters. The van der Waals surface area contributed by atoms with Crippen molar-refractivity contribution in [3.63, 3.8) is 0 Å². The molecule has 0 radical (unpaired) electrons. The van der Waals surface area contributed by atoms with E-state index in [4.69, 9.17) is 14.2 Å². The van der Waals surface area contributed by atoms with Crippen LogP contribution < -0.4 is 4.74 Å². The van der Waals surface area contributed by atoms with Crippen LogP contribution in [0.15, 0.2) is 24.3 Å². The van der Waals surface area contributed by atoms with Gasteiger partial charge in [-0.3, -0.25) is 9.69 Å². The van der Waals surface area contributed by atoms with Gasteiger partial charge in [-0.25, -0.2) is 0 Å². The van der Waals surface area contributed by atoms with Gasteiger partial charge in [0.2, 0.25) is 0 Å². The zero-order valence-electron chi connectivity index (χ0n) is 17.3. The van der Waals surface area contributed by atoms with Gasteiger partial charge in [0.15, 0.2) is 6.61 Å². The number of carbonyl (C=O) groups excluding carboxylic acids is 1. The summed E-state index contributed by atoms with van der Waals surface area (Å²) in [6.07, 6.45) is 1.80. The predicted octanol–water partition coefficient (Wildman–Crippen LogP) is 2.53. The van der Waals surface area contributed by atoms with Gasteiger partial charge in [-0.1, -0.05) is 26.0 Å². The Hall–Kier alpha value is -1.63. The third kappa shape index (κ3) is 6.19. The summed E-state index contributed by atoms with van der Waals surface area (Å²) in [4.78, 5) is 17.4. The third-order valence-electron chi connectivity index (χ3n) is 5.62. The van der Waals surface area contributed by atoms with Gasteiger partial charge in [0.25, 0.3) is 5.91 Å². The Labute approximate surface area is 168 Å². The lowest BCUT2D eigenvalue weighted by Gasteiger charge is -2.36. The smallest absolute Gasteiger partial charge is 0.260 e. The molecule has 0 N–H and O–H groups in total. The minimum absolute atomic E-state index is 0.0631. The summed E-state index contributed by atoms with van der Waals surface area (Å²) in [5.74, 6) is 1.30. The number of amides is 1. The Morgan fingerprint density at radius 3 is 2.39 bits per heavy atom. The monoisotopic (exact) mass is 390 g/mol. The van der Waals surface area contributed by atoms with Gasteiger partial charge in [0.1, 0.15) is 5.75 Å². The van der Waals surface area contributed by atoms with Crippen molar-refractivity contribution in [2.75, 3.05) is 59.2 Å². The lowest BCUT2D eigenvalue weighted by molar-refractivity contribution is -0.138. The Morgan fingerprint density at radius 1 is 1.11 bits per heavy atom. The summed E-state index contributed by atoms with van der Waals surface area (Å²) in [5, 5.41) is 0. The summed E-state index contributed by atoms with van der Waals surface area (Å²) >= 11 is 0. The SMILES string of the molecule is CC(C)c1ccc(OCC(=O)N(CCN2CCOCC2)C2CCOCC2)cc1. The standard InChI is InChI=1S/C22H34N2O4/c1-18(2)19-3-5-21(6-4-19)28-17-22(25)24(20-7-13-26-14-8-20)10-9-23-11-15-27-16-12-23/h3-6,18,20H,7-17H2,1-2H3. The number of hydrogen-bond donors (Lipinski definition) is 0. The van der Waals surface area contributed by atoms with Crippen LogP contribution in [0.25, 0.3) is 0 Å². The molecule has 0 aromatic heterocycles. The number of ether oxygens (including phenoxy) is 3. The van der Waals surface area contributed by atoms with Crippen molar-refractivity contribution in [1.29, 1.82) is 0 Å².